The lowest BCUT2D eigenvalue weighted by Crippen LogP contribution is -2.15. The highest BCUT2D eigenvalue weighted by molar-refractivity contribution is 6.03. The molecule has 8 nitrogen and oxygen atoms in total. The SMILES string of the molecule is CCOC(=O)c1ccc(NC(=O)c2ccc(NCc3cccnc3)nn2)cc1. The second kappa shape index (κ2) is 9.22. The summed E-state index contributed by atoms with van der Waals surface area (Å²) < 4.78 is 4.92. The van der Waals surface area contributed by atoms with Crippen molar-refractivity contribution in [3.8, 4) is 0 Å². The minimum Gasteiger partial charge on any atom is -0.462 e. The van der Waals surface area contributed by atoms with Gasteiger partial charge in [0, 0.05) is 24.6 Å². The zero-order chi connectivity index (χ0) is 19.8. The summed E-state index contributed by atoms with van der Waals surface area (Å²) in [7, 11) is 0. The predicted octanol–water partition coefficient (Wildman–Crippen LogP) is 2.91. The number of hydrogen-bond donors (Lipinski definition) is 2. The first-order chi connectivity index (χ1) is 13.7. The molecule has 3 aromatic rings. The minimum absolute atomic E-state index is 0.182. The standard InChI is InChI=1S/C20H19N5O3/c1-2-28-20(27)15-5-7-16(8-6-15)23-19(26)17-9-10-18(25-24-17)22-13-14-4-3-11-21-12-14/h3-12H,2,13H2,1H3,(H,22,25)(H,23,26). The smallest absolute Gasteiger partial charge is 0.338 e. The molecule has 142 valence electrons. The number of esters is 1. The van der Waals surface area contributed by atoms with Crippen molar-refractivity contribution in [3.63, 3.8) is 0 Å². The summed E-state index contributed by atoms with van der Waals surface area (Å²) in [6, 6.07) is 13.5. The molecule has 0 bridgehead atoms. The predicted molar refractivity (Wildman–Crippen MR) is 104 cm³/mol. The molecule has 0 aliphatic carbocycles. The van der Waals surface area contributed by atoms with E-state index in [2.05, 4.69) is 25.8 Å². The summed E-state index contributed by atoms with van der Waals surface area (Å²) in [5, 5.41) is 13.8. The summed E-state index contributed by atoms with van der Waals surface area (Å²) in [4.78, 5) is 28.0. The van der Waals surface area contributed by atoms with Crippen molar-refractivity contribution in [1.29, 1.82) is 0 Å². The van der Waals surface area contributed by atoms with Crippen molar-refractivity contribution < 1.29 is 14.3 Å². The number of pyridine rings is 1. The molecule has 0 aliphatic heterocycles. The van der Waals surface area contributed by atoms with Crippen LogP contribution >= 0.6 is 0 Å². The Morgan fingerprint density at radius 3 is 2.50 bits per heavy atom. The number of carbonyl (C=O) groups excluding carboxylic acids is 2. The lowest BCUT2D eigenvalue weighted by molar-refractivity contribution is 0.0526. The summed E-state index contributed by atoms with van der Waals surface area (Å²) in [5.74, 6) is -0.241. The van der Waals surface area contributed by atoms with E-state index in [4.69, 9.17) is 4.74 Å². The number of nitrogens with one attached hydrogen (secondary N) is 2. The van der Waals surface area contributed by atoms with E-state index in [1.54, 1.807) is 55.7 Å². The van der Waals surface area contributed by atoms with Crippen molar-refractivity contribution in [2.45, 2.75) is 13.5 Å². The highest BCUT2D eigenvalue weighted by Gasteiger charge is 2.10. The molecule has 0 fully saturated rings. The first-order valence-electron chi connectivity index (χ1n) is 8.70. The third-order valence-corrected chi connectivity index (χ3v) is 3.75. The number of rotatable bonds is 7. The lowest BCUT2D eigenvalue weighted by Gasteiger charge is -2.07. The maximum absolute atomic E-state index is 12.3. The van der Waals surface area contributed by atoms with E-state index in [-0.39, 0.29) is 5.69 Å². The lowest BCUT2D eigenvalue weighted by atomic mass is 10.2. The topological polar surface area (TPSA) is 106 Å². The maximum atomic E-state index is 12.3. The molecular formula is C20H19N5O3. The Bertz CT molecular complexity index is 928. The van der Waals surface area contributed by atoms with E-state index in [1.807, 2.05) is 12.1 Å². The molecule has 28 heavy (non-hydrogen) atoms. The fourth-order valence-electron chi connectivity index (χ4n) is 2.34. The van der Waals surface area contributed by atoms with Crippen LogP contribution in [0, 0.1) is 0 Å². The summed E-state index contributed by atoms with van der Waals surface area (Å²) in [6.07, 6.45) is 3.47. The van der Waals surface area contributed by atoms with Crippen LogP contribution in [0.1, 0.15) is 33.3 Å². The summed E-state index contributed by atoms with van der Waals surface area (Å²) >= 11 is 0. The molecule has 1 amide bonds. The molecule has 0 radical (unpaired) electrons. The van der Waals surface area contributed by atoms with E-state index in [9.17, 15) is 9.59 Å². The number of ether oxygens (including phenoxy) is 1. The van der Waals surface area contributed by atoms with Crippen molar-refractivity contribution in [2.75, 3.05) is 17.2 Å². The van der Waals surface area contributed by atoms with Gasteiger partial charge in [0.2, 0.25) is 0 Å². The van der Waals surface area contributed by atoms with Crippen LogP contribution in [0.25, 0.3) is 0 Å². The Labute approximate surface area is 162 Å². The van der Waals surface area contributed by atoms with Gasteiger partial charge in [-0.1, -0.05) is 6.07 Å². The van der Waals surface area contributed by atoms with Gasteiger partial charge in [-0.15, -0.1) is 10.2 Å². The van der Waals surface area contributed by atoms with Crippen molar-refractivity contribution in [3.05, 3.63) is 77.7 Å². The molecule has 1 aromatic carbocycles. The highest BCUT2D eigenvalue weighted by atomic mass is 16.5. The molecule has 0 unspecified atom stereocenters. The molecular weight excluding hydrogens is 358 g/mol. The average Bonchev–Trinajstić information content (AvgIpc) is 2.74. The Balaban J connectivity index is 1.56. The van der Waals surface area contributed by atoms with Gasteiger partial charge in [0.1, 0.15) is 5.82 Å². The maximum Gasteiger partial charge on any atom is 0.338 e. The van der Waals surface area contributed by atoms with Crippen LogP contribution in [0.5, 0.6) is 0 Å². The van der Waals surface area contributed by atoms with Gasteiger partial charge in [0.05, 0.1) is 12.2 Å². The van der Waals surface area contributed by atoms with E-state index in [1.165, 1.54) is 0 Å². The van der Waals surface area contributed by atoms with Crippen LogP contribution in [0.3, 0.4) is 0 Å². The third kappa shape index (κ3) is 5.10. The second-order valence-corrected chi connectivity index (χ2v) is 5.77. The normalized spacial score (nSPS) is 10.2. The van der Waals surface area contributed by atoms with Gasteiger partial charge in [-0.2, -0.15) is 0 Å². The zero-order valence-corrected chi connectivity index (χ0v) is 15.3. The molecule has 0 spiro atoms. The van der Waals surface area contributed by atoms with E-state index in [0.29, 0.717) is 30.2 Å². The van der Waals surface area contributed by atoms with E-state index in [0.717, 1.165) is 5.56 Å². The van der Waals surface area contributed by atoms with Gasteiger partial charge in [0.15, 0.2) is 5.69 Å². The number of aromatic nitrogens is 3. The number of carbonyl (C=O) groups is 2. The number of anilines is 2. The van der Waals surface area contributed by atoms with Crippen molar-refractivity contribution in [1.82, 2.24) is 15.2 Å². The van der Waals surface area contributed by atoms with Crippen LogP contribution in [-0.2, 0) is 11.3 Å². The fourth-order valence-corrected chi connectivity index (χ4v) is 2.34. The molecule has 0 aliphatic rings. The van der Waals surface area contributed by atoms with Crippen LogP contribution in [0.2, 0.25) is 0 Å². The second-order valence-electron chi connectivity index (χ2n) is 5.77. The van der Waals surface area contributed by atoms with Crippen molar-refractivity contribution in [2.24, 2.45) is 0 Å². The Morgan fingerprint density at radius 1 is 1.04 bits per heavy atom. The van der Waals surface area contributed by atoms with Crippen LogP contribution in [0.4, 0.5) is 11.5 Å². The van der Waals surface area contributed by atoms with Crippen LogP contribution < -0.4 is 10.6 Å². The Hall–Kier alpha value is -3.81. The van der Waals surface area contributed by atoms with Crippen LogP contribution in [0.15, 0.2) is 60.9 Å². The summed E-state index contributed by atoms with van der Waals surface area (Å²) in [5.41, 5.74) is 2.15. The first-order valence-corrected chi connectivity index (χ1v) is 8.70. The molecule has 0 atom stereocenters. The number of nitrogens with zero attached hydrogens (tertiary/aromatic N) is 3. The average molecular weight is 377 g/mol. The molecule has 2 aromatic heterocycles. The van der Waals surface area contributed by atoms with Gasteiger partial charge in [-0.25, -0.2) is 4.79 Å². The van der Waals surface area contributed by atoms with Gasteiger partial charge >= 0.3 is 5.97 Å². The van der Waals surface area contributed by atoms with Crippen molar-refractivity contribution >= 4 is 23.4 Å². The minimum atomic E-state index is -0.402. The first kappa shape index (κ1) is 19.0. The number of benzene rings is 1. The summed E-state index contributed by atoms with van der Waals surface area (Å²) in [6.45, 7) is 2.61. The Morgan fingerprint density at radius 2 is 1.86 bits per heavy atom. The largest absolute Gasteiger partial charge is 0.462 e. The Kier molecular flexibility index (Phi) is 6.25. The monoisotopic (exact) mass is 377 g/mol. The molecule has 8 heteroatoms. The van der Waals surface area contributed by atoms with Gasteiger partial charge in [0.25, 0.3) is 5.91 Å². The van der Waals surface area contributed by atoms with Crippen LogP contribution in [-0.4, -0.2) is 33.7 Å². The third-order valence-electron chi connectivity index (χ3n) is 3.75. The molecule has 3 rings (SSSR count). The van der Waals surface area contributed by atoms with E-state index < -0.39 is 11.9 Å². The molecule has 2 heterocycles. The van der Waals surface area contributed by atoms with Gasteiger partial charge in [-0.05, 0) is 55.0 Å². The molecule has 0 saturated heterocycles. The number of hydrogen-bond acceptors (Lipinski definition) is 7. The van der Waals surface area contributed by atoms with Gasteiger partial charge < -0.3 is 15.4 Å². The molecule has 0 saturated carbocycles. The van der Waals surface area contributed by atoms with Gasteiger partial charge in [-0.3, -0.25) is 9.78 Å². The number of amides is 1. The zero-order valence-electron chi connectivity index (χ0n) is 15.3. The quantitative estimate of drug-likeness (QED) is 0.610. The molecule has 2 N–H and O–H groups in total. The van der Waals surface area contributed by atoms with E-state index >= 15 is 0 Å². The highest BCUT2D eigenvalue weighted by Crippen LogP contribution is 2.12. The fraction of sp³-hybridized carbons (Fsp3) is 0.150.